The van der Waals surface area contributed by atoms with Crippen LogP contribution < -0.4 is 0 Å². The third-order valence-corrected chi connectivity index (χ3v) is 9.15. The second kappa shape index (κ2) is 16.5. The molecule has 4 aliphatic rings. The summed E-state index contributed by atoms with van der Waals surface area (Å²) < 4.78 is 185. The van der Waals surface area contributed by atoms with Gasteiger partial charge in [0.05, 0.1) is 0 Å². The SMILES string of the molecule is O=S(=O)(O)C(F)(F)F.O=S(=O)(O)C(F)(F)F.O=S(=O)(O)C(F)(F)F.[Sc].c1cc(C2=N[C@H]3c4ccccc4C[C@H]3O2)nc(C2=N[C@H]3c4ccccc4C[C@H]3O2)c1. The van der Waals surface area contributed by atoms with E-state index in [-0.39, 0.29) is 50.1 Å². The maximum absolute atomic E-state index is 10.7. The molecule has 1 radical (unpaired) electrons. The Hall–Kier alpha value is -3.50. The van der Waals surface area contributed by atoms with E-state index in [0.29, 0.717) is 11.8 Å². The Morgan fingerprint density at radius 3 is 1.11 bits per heavy atom. The van der Waals surface area contributed by atoms with Crippen molar-refractivity contribution in [3.8, 4) is 0 Å². The molecular formula is C28H22F9N3O11S3Sc. The first-order valence-corrected chi connectivity index (χ1v) is 18.6. The second-order valence-electron chi connectivity index (χ2n) is 11.0. The average molecular weight is 889 g/mol. The number of hydrogen-bond acceptors (Lipinski definition) is 11. The first kappa shape index (κ1) is 45.9. The molecular weight excluding hydrogens is 866 g/mol. The molecule has 2 aliphatic heterocycles. The summed E-state index contributed by atoms with van der Waals surface area (Å²) in [6.07, 6.45) is 1.93. The van der Waals surface area contributed by atoms with E-state index in [1.54, 1.807) is 0 Å². The molecule has 0 fully saturated rings. The fraction of sp³-hybridized carbons (Fsp3) is 0.321. The van der Waals surface area contributed by atoms with E-state index in [1.807, 2.05) is 18.2 Å². The molecule has 3 N–H and O–H groups in total. The molecule has 3 aromatic rings. The van der Waals surface area contributed by atoms with Gasteiger partial charge in [-0.15, -0.1) is 0 Å². The zero-order valence-electron chi connectivity index (χ0n) is 26.7. The minimum absolute atomic E-state index is 0. The molecule has 7 rings (SSSR count). The van der Waals surface area contributed by atoms with Crippen LogP contribution in [0, 0.1) is 0 Å². The number of nitrogens with zero attached hydrogens (tertiary/aromatic N) is 3. The molecule has 55 heavy (non-hydrogen) atoms. The van der Waals surface area contributed by atoms with E-state index in [1.165, 1.54) is 22.3 Å². The van der Waals surface area contributed by atoms with E-state index in [4.69, 9.17) is 63.4 Å². The molecule has 27 heteroatoms. The molecule has 0 spiro atoms. The fourth-order valence-electron chi connectivity index (χ4n) is 5.12. The van der Waals surface area contributed by atoms with Gasteiger partial charge in [-0.2, -0.15) is 64.8 Å². The predicted molar refractivity (Wildman–Crippen MR) is 166 cm³/mol. The van der Waals surface area contributed by atoms with Crippen LogP contribution in [-0.4, -0.2) is 84.4 Å². The van der Waals surface area contributed by atoms with Crippen LogP contribution in [0.1, 0.15) is 45.7 Å². The largest absolute Gasteiger partial charge is 0.522 e. The maximum Gasteiger partial charge on any atom is 0.522 e. The Labute approximate surface area is 323 Å². The molecule has 1 aromatic heterocycles. The Balaban J connectivity index is 0.000000269. The van der Waals surface area contributed by atoms with Crippen LogP contribution in [0.5, 0.6) is 0 Å². The minimum atomic E-state index is -5.84. The van der Waals surface area contributed by atoms with Gasteiger partial charge >= 0.3 is 46.9 Å². The third-order valence-electron chi connectivity index (χ3n) is 7.40. The zero-order chi connectivity index (χ0) is 40.7. The van der Waals surface area contributed by atoms with Crippen molar-refractivity contribution in [2.75, 3.05) is 0 Å². The number of pyridine rings is 1. The van der Waals surface area contributed by atoms with Gasteiger partial charge in [-0.1, -0.05) is 54.6 Å². The molecule has 2 aromatic carbocycles. The van der Waals surface area contributed by atoms with Crippen LogP contribution in [0.25, 0.3) is 0 Å². The summed E-state index contributed by atoms with van der Waals surface area (Å²) in [5.74, 6) is 1.23. The van der Waals surface area contributed by atoms with Crippen LogP contribution in [0.3, 0.4) is 0 Å². The van der Waals surface area contributed by atoms with Gasteiger partial charge in [0.25, 0.3) is 0 Å². The Morgan fingerprint density at radius 1 is 0.527 bits per heavy atom. The first-order valence-electron chi connectivity index (χ1n) is 14.3. The molecule has 3 heterocycles. The number of aromatic nitrogens is 1. The van der Waals surface area contributed by atoms with Gasteiger partial charge in [-0.25, -0.2) is 15.0 Å². The summed E-state index contributed by atoms with van der Waals surface area (Å²) in [5, 5.41) is 0. The zero-order valence-corrected chi connectivity index (χ0v) is 31.0. The van der Waals surface area contributed by atoms with E-state index >= 15 is 0 Å². The summed E-state index contributed by atoms with van der Waals surface area (Å²) in [5.41, 5.74) is -9.93. The van der Waals surface area contributed by atoms with E-state index in [0.717, 1.165) is 24.2 Å². The van der Waals surface area contributed by atoms with Crippen LogP contribution in [0.4, 0.5) is 39.5 Å². The van der Waals surface area contributed by atoms with Crippen molar-refractivity contribution in [3.63, 3.8) is 0 Å². The Kier molecular flexibility index (Phi) is 13.8. The van der Waals surface area contributed by atoms with Gasteiger partial charge in [-0.05, 0) is 34.4 Å². The standard InChI is InChI=1S/C25H19N3O2.3CHF3O3S.Sc/c1-3-8-16-14(6-1)12-20-22(16)27-24(29-20)18-10-5-11-19(26-18)25-28-23-17-9-4-2-7-15(17)13-21(23)30-25;3*2-1(3,4)8(5,6)7;/h1-11,20-23H,12-13H2;3*(H,5,6,7);/t20-,21-,22+,23+;;;;/m1..../s1. The summed E-state index contributed by atoms with van der Waals surface area (Å²) in [7, 11) is -17.5. The van der Waals surface area contributed by atoms with Gasteiger partial charge in [0.2, 0.25) is 11.8 Å². The van der Waals surface area contributed by atoms with Crippen molar-refractivity contribution in [3.05, 3.63) is 100 Å². The molecule has 299 valence electrons. The van der Waals surface area contributed by atoms with Crippen LogP contribution in [-0.2, 0) is 78.5 Å². The molecule has 0 amide bonds. The molecule has 2 aliphatic carbocycles. The van der Waals surface area contributed by atoms with Gasteiger partial charge in [0.1, 0.15) is 35.7 Å². The molecule has 4 atom stereocenters. The van der Waals surface area contributed by atoms with Gasteiger partial charge in [0, 0.05) is 38.7 Å². The number of alkyl halides is 9. The van der Waals surface area contributed by atoms with Gasteiger partial charge in [0.15, 0.2) is 0 Å². The Morgan fingerprint density at radius 2 is 0.818 bits per heavy atom. The number of halogens is 9. The fourth-order valence-corrected chi connectivity index (χ4v) is 5.12. The quantitative estimate of drug-likeness (QED) is 0.173. The monoisotopic (exact) mass is 888 g/mol. The number of benzene rings is 2. The second-order valence-corrected chi connectivity index (χ2v) is 15.3. The average Bonchev–Trinajstić information content (AvgIpc) is 3.78. The predicted octanol–water partition coefficient (Wildman–Crippen LogP) is 5.15. The molecule has 0 saturated heterocycles. The van der Waals surface area contributed by atoms with Crippen molar-refractivity contribution < 1.29 is 114 Å². The van der Waals surface area contributed by atoms with E-state index in [9.17, 15) is 39.5 Å². The minimum Gasteiger partial charge on any atom is -0.470 e. The molecule has 14 nitrogen and oxygen atoms in total. The molecule has 0 unspecified atom stereocenters. The molecule has 0 bridgehead atoms. The van der Waals surface area contributed by atoms with E-state index < -0.39 is 46.9 Å². The maximum atomic E-state index is 10.7. The van der Waals surface area contributed by atoms with Crippen molar-refractivity contribution in [1.29, 1.82) is 0 Å². The Bertz CT molecular complexity index is 2100. The number of aliphatic imine (C=N–C) groups is 2. The number of ether oxygens (including phenoxy) is 2. The molecule has 0 saturated carbocycles. The summed E-state index contributed by atoms with van der Waals surface area (Å²) in [4.78, 5) is 14.5. The van der Waals surface area contributed by atoms with Gasteiger partial charge < -0.3 is 9.47 Å². The number of hydrogen-bond donors (Lipinski definition) is 3. The topological polar surface area (TPSA) is 219 Å². The van der Waals surface area contributed by atoms with Crippen molar-refractivity contribution in [2.24, 2.45) is 9.98 Å². The summed E-state index contributed by atoms with van der Waals surface area (Å²) in [6.45, 7) is 0. The summed E-state index contributed by atoms with van der Waals surface area (Å²) >= 11 is 0. The third kappa shape index (κ3) is 11.1. The summed E-state index contributed by atoms with van der Waals surface area (Å²) in [6, 6.07) is 22.9. The van der Waals surface area contributed by atoms with Crippen molar-refractivity contribution >= 4 is 42.1 Å². The van der Waals surface area contributed by atoms with Crippen molar-refractivity contribution in [1.82, 2.24) is 4.98 Å². The van der Waals surface area contributed by atoms with Crippen LogP contribution >= 0.6 is 0 Å². The van der Waals surface area contributed by atoms with Gasteiger partial charge in [-0.3, -0.25) is 13.7 Å². The van der Waals surface area contributed by atoms with Crippen LogP contribution in [0.15, 0.2) is 76.7 Å². The van der Waals surface area contributed by atoms with E-state index in [2.05, 4.69) is 48.5 Å². The smallest absolute Gasteiger partial charge is 0.470 e. The van der Waals surface area contributed by atoms with Crippen molar-refractivity contribution in [2.45, 2.75) is 53.7 Å². The normalized spacial score (nSPS) is 21.0. The number of rotatable bonds is 2. The number of fused-ring (bicyclic) bond motifs is 6. The first-order chi connectivity index (χ1) is 24.6. The van der Waals surface area contributed by atoms with Crippen LogP contribution in [0.2, 0.25) is 0 Å².